The molecule has 44 heavy (non-hydrogen) atoms. The third-order valence-electron chi connectivity index (χ3n) is 7.68. The number of nitrogens with zero attached hydrogens (tertiary/aromatic N) is 6. The Morgan fingerprint density at radius 1 is 1.11 bits per heavy atom. The van der Waals surface area contributed by atoms with Gasteiger partial charge in [0.15, 0.2) is 17.5 Å². The van der Waals surface area contributed by atoms with Gasteiger partial charge in [-0.3, -0.25) is 4.72 Å². The number of sulfonamides is 1. The Kier molecular flexibility index (Phi) is 8.87. The summed E-state index contributed by atoms with van der Waals surface area (Å²) in [5.74, 6) is -2.98. The summed E-state index contributed by atoms with van der Waals surface area (Å²) in [6.45, 7) is 7.18. The van der Waals surface area contributed by atoms with E-state index in [-0.39, 0.29) is 28.6 Å². The van der Waals surface area contributed by atoms with Gasteiger partial charge in [-0.1, -0.05) is 6.92 Å². The standard InChI is InChI=1S/C30H36F3N7O3S/c1-5-12-44(42,43)37-24-7-6-22(31)28(26(24)33)40-16-21(19-14-34-18-35-15-19)27-25(40)13-23(32)29(36-27)38(4)20-8-10-39(11-9-20)17-30(2,3)41/h6-7,13-16,18,20,37,41H,5,8-12,17H2,1-4H3. The fraction of sp³-hybridized carbons (Fsp3) is 0.433. The molecule has 1 aromatic carbocycles. The van der Waals surface area contributed by atoms with Crippen LogP contribution in [-0.4, -0.2) is 82.0 Å². The molecule has 1 fully saturated rings. The maximum absolute atomic E-state index is 15.9. The quantitative estimate of drug-likeness (QED) is 0.258. The van der Waals surface area contributed by atoms with Crippen LogP contribution in [0.25, 0.3) is 27.8 Å². The van der Waals surface area contributed by atoms with Gasteiger partial charge >= 0.3 is 0 Å². The molecule has 0 bridgehead atoms. The van der Waals surface area contributed by atoms with Crippen LogP contribution in [0.3, 0.4) is 0 Å². The minimum absolute atomic E-state index is 0.0270. The first-order chi connectivity index (χ1) is 20.8. The Morgan fingerprint density at radius 2 is 1.80 bits per heavy atom. The molecule has 10 nitrogen and oxygen atoms in total. The highest BCUT2D eigenvalue weighted by molar-refractivity contribution is 7.92. The van der Waals surface area contributed by atoms with Gasteiger partial charge in [-0.15, -0.1) is 0 Å². The largest absolute Gasteiger partial charge is 0.389 e. The number of pyridine rings is 1. The van der Waals surface area contributed by atoms with Crippen molar-refractivity contribution in [1.29, 1.82) is 0 Å². The number of hydrogen-bond donors (Lipinski definition) is 2. The molecule has 236 valence electrons. The maximum Gasteiger partial charge on any atom is 0.232 e. The van der Waals surface area contributed by atoms with Gasteiger partial charge in [0.05, 0.1) is 28.1 Å². The lowest BCUT2D eigenvalue weighted by molar-refractivity contribution is 0.0282. The zero-order chi connectivity index (χ0) is 31.8. The number of fused-ring (bicyclic) bond motifs is 1. The molecule has 4 aromatic rings. The van der Waals surface area contributed by atoms with Gasteiger partial charge in [-0.05, 0) is 45.2 Å². The van der Waals surface area contributed by atoms with Crippen LogP contribution in [0.4, 0.5) is 24.7 Å². The second-order valence-electron chi connectivity index (χ2n) is 11.8. The maximum atomic E-state index is 15.9. The van der Waals surface area contributed by atoms with Gasteiger partial charge in [0.2, 0.25) is 10.0 Å². The number of likely N-dealkylation sites (tertiary alicyclic amines) is 1. The molecule has 1 saturated heterocycles. The molecule has 0 radical (unpaired) electrons. The topological polar surface area (TPSA) is 116 Å². The van der Waals surface area contributed by atoms with Crippen molar-refractivity contribution < 1.29 is 26.7 Å². The molecule has 4 heterocycles. The molecule has 0 amide bonds. The zero-order valence-electron chi connectivity index (χ0n) is 25.1. The van der Waals surface area contributed by atoms with E-state index in [2.05, 4.69) is 24.6 Å². The number of anilines is 2. The molecule has 0 saturated carbocycles. The number of nitrogens with one attached hydrogen (secondary N) is 1. The fourth-order valence-corrected chi connectivity index (χ4v) is 6.84. The molecule has 0 atom stereocenters. The lowest BCUT2D eigenvalue weighted by Crippen LogP contribution is -2.48. The zero-order valence-corrected chi connectivity index (χ0v) is 25.9. The number of aromatic nitrogens is 4. The molecular formula is C30H36F3N7O3S. The Bertz CT molecular complexity index is 1750. The molecule has 1 aliphatic heterocycles. The van der Waals surface area contributed by atoms with Crippen LogP contribution in [0, 0.1) is 17.5 Å². The average molecular weight is 632 g/mol. The summed E-state index contributed by atoms with van der Waals surface area (Å²) in [5.41, 5.74) is -0.600. The fourth-order valence-electron chi connectivity index (χ4n) is 5.71. The molecule has 1 aliphatic rings. The monoisotopic (exact) mass is 631 g/mol. The molecule has 0 unspecified atom stereocenters. The summed E-state index contributed by atoms with van der Waals surface area (Å²) < 4.78 is 75.1. The first-order valence-electron chi connectivity index (χ1n) is 14.4. The van der Waals surface area contributed by atoms with Crippen molar-refractivity contribution >= 4 is 32.6 Å². The lowest BCUT2D eigenvalue weighted by Gasteiger charge is -2.39. The molecule has 2 N–H and O–H groups in total. The highest BCUT2D eigenvalue weighted by Crippen LogP contribution is 2.37. The van der Waals surface area contributed by atoms with Crippen molar-refractivity contribution in [3.8, 4) is 16.8 Å². The van der Waals surface area contributed by atoms with Gasteiger partial charge in [-0.2, -0.15) is 0 Å². The molecule has 14 heteroatoms. The van der Waals surface area contributed by atoms with Crippen molar-refractivity contribution in [3.63, 3.8) is 0 Å². The normalized spacial score (nSPS) is 15.2. The molecule has 0 spiro atoms. The van der Waals surface area contributed by atoms with Crippen LogP contribution >= 0.6 is 0 Å². The van der Waals surface area contributed by atoms with Crippen LogP contribution in [0.1, 0.15) is 40.0 Å². The average Bonchev–Trinajstić information content (AvgIpc) is 3.31. The van der Waals surface area contributed by atoms with E-state index >= 15 is 13.2 Å². The molecular weight excluding hydrogens is 595 g/mol. The van der Waals surface area contributed by atoms with E-state index in [9.17, 15) is 13.5 Å². The third kappa shape index (κ3) is 6.66. The first-order valence-corrected chi connectivity index (χ1v) is 16.1. The van der Waals surface area contributed by atoms with Gasteiger partial charge in [0.25, 0.3) is 0 Å². The second-order valence-corrected chi connectivity index (χ2v) is 13.7. The summed E-state index contributed by atoms with van der Waals surface area (Å²) in [4.78, 5) is 16.7. The predicted octanol–water partition coefficient (Wildman–Crippen LogP) is 4.72. The summed E-state index contributed by atoms with van der Waals surface area (Å²) >= 11 is 0. The highest BCUT2D eigenvalue weighted by atomic mass is 32.2. The third-order valence-corrected chi connectivity index (χ3v) is 9.15. The number of piperidine rings is 1. The Balaban J connectivity index is 1.59. The van der Waals surface area contributed by atoms with Crippen LogP contribution in [0.5, 0.6) is 0 Å². The number of β-amino-alcohol motifs (C(OH)–C–C–N with tert-alkyl or cyclic N) is 1. The summed E-state index contributed by atoms with van der Waals surface area (Å²) in [6, 6.07) is 3.12. The Labute approximate surface area is 254 Å². The van der Waals surface area contributed by atoms with Crippen molar-refractivity contribution in [2.24, 2.45) is 0 Å². The van der Waals surface area contributed by atoms with Crippen LogP contribution < -0.4 is 9.62 Å². The van der Waals surface area contributed by atoms with Crippen LogP contribution in [0.15, 0.2) is 43.1 Å². The number of hydrogen-bond acceptors (Lipinski definition) is 8. The van der Waals surface area contributed by atoms with Crippen LogP contribution in [-0.2, 0) is 10.0 Å². The highest BCUT2D eigenvalue weighted by Gasteiger charge is 2.29. The molecule has 5 rings (SSSR count). The van der Waals surface area contributed by atoms with Gasteiger partial charge in [-0.25, -0.2) is 36.5 Å². The number of benzene rings is 1. The van der Waals surface area contributed by atoms with E-state index in [0.29, 0.717) is 24.1 Å². The minimum Gasteiger partial charge on any atom is -0.389 e. The smallest absolute Gasteiger partial charge is 0.232 e. The number of rotatable bonds is 10. The number of halogens is 3. The van der Waals surface area contributed by atoms with Crippen molar-refractivity contribution in [1.82, 2.24) is 24.4 Å². The SMILES string of the molecule is CCCS(=O)(=O)Nc1ccc(F)c(-n2cc(-c3cncnc3)c3nc(N(C)C4CCN(CC(C)(C)O)CC4)c(F)cc32)c1F. The Hall–Kier alpha value is -3.75. The summed E-state index contributed by atoms with van der Waals surface area (Å²) in [7, 11) is -2.11. The summed E-state index contributed by atoms with van der Waals surface area (Å²) in [6.07, 6.45) is 7.54. The van der Waals surface area contributed by atoms with Gasteiger partial charge in [0.1, 0.15) is 17.8 Å². The molecule has 3 aromatic heterocycles. The Morgan fingerprint density at radius 3 is 2.43 bits per heavy atom. The second kappa shape index (κ2) is 12.3. The van der Waals surface area contributed by atoms with E-state index in [1.54, 1.807) is 32.7 Å². The van der Waals surface area contributed by atoms with Crippen molar-refractivity contribution in [3.05, 3.63) is 60.6 Å². The van der Waals surface area contributed by atoms with Gasteiger partial charge < -0.3 is 19.5 Å². The van der Waals surface area contributed by atoms with Crippen LogP contribution in [0.2, 0.25) is 0 Å². The van der Waals surface area contributed by atoms with E-state index in [1.807, 2.05) is 0 Å². The number of aliphatic hydroxyl groups is 1. The minimum atomic E-state index is -3.88. The predicted molar refractivity (Wildman–Crippen MR) is 164 cm³/mol. The van der Waals surface area contributed by atoms with Gasteiger partial charge in [0, 0.05) is 68.5 Å². The lowest BCUT2D eigenvalue weighted by atomic mass is 10.0. The van der Waals surface area contributed by atoms with Crippen molar-refractivity contribution in [2.45, 2.75) is 51.7 Å². The summed E-state index contributed by atoms with van der Waals surface area (Å²) in [5, 5.41) is 10.2. The van der Waals surface area contributed by atoms with E-state index in [4.69, 9.17) is 0 Å². The first kappa shape index (κ1) is 31.7. The van der Waals surface area contributed by atoms with E-state index < -0.39 is 44.5 Å². The van der Waals surface area contributed by atoms with E-state index in [0.717, 1.165) is 42.6 Å². The van der Waals surface area contributed by atoms with E-state index in [1.165, 1.54) is 31.0 Å². The van der Waals surface area contributed by atoms with Crippen molar-refractivity contribution in [2.75, 3.05) is 42.1 Å². The molecule has 0 aliphatic carbocycles.